The highest BCUT2D eigenvalue weighted by molar-refractivity contribution is 5.99. The highest BCUT2D eigenvalue weighted by atomic mass is 19.1. The standard InChI is InChI=1S/C27H28FN3O2/c1-18-16-30(17-29-18)25-13-6-19(15-26(25)33-2)14-21-9-12-23-4-3-5-24(31(23)27(21)32)20-7-10-22(28)11-8-20/h6-8,10-11,13-17,23-24H,3-5,9,12H2,1-2H3/b21-14+/t23-,24-/m1/s1. The molecule has 2 aromatic carbocycles. The largest absolute Gasteiger partial charge is 0.495 e. The molecule has 2 atom stereocenters. The van der Waals surface area contributed by atoms with Gasteiger partial charge in [-0.2, -0.15) is 0 Å². The summed E-state index contributed by atoms with van der Waals surface area (Å²) in [5, 5.41) is 0. The Balaban J connectivity index is 1.44. The quantitative estimate of drug-likeness (QED) is 0.489. The smallest absolute Gasteiger partial charge is 0.250 e. The van der Waals surface area contributed by atoms with E-state index in [2.05, 4.69) is 4.98 Å². The maximum Gasteiger partial charge on any atom is 0.250 e. The molecule has 1 aromatic heterocycles. The van der Waals surface area contributed by atoms with Crippen molar-refractivity contribution in [1.29, 1.82) is 0 Å². The molecule has 2 aliphatic rings. The lowest BCUT2D eigenvalue weighted by atomic mass is 9.84. The molecule has 2 aliphatic heterocycles. The molecular formula is C27H28FN3O2. The third kappa shape index (κ3) is 4.17. The van der Waals surface area contributed by atoms with E-state index in [1.54, 1.807) is 13.4 Å². The van der Waals surface area contributed by atoms with Crippen LogP contribution in [0.15, 0.2) is 60.6 Å². The van der Waals surface area contributed by atoms with Gasteiger partial charge in [-0.05, 0) is 80.5 Å². The van der Waals surface area contributed by atoms with E-state index in [9.17, 15) is 9.18 Å². The minimum Gasteiger partial charge on any atom is -0.495 e. The van der Waals surface area contributed by atoms with Gasteiger partial charge in [0, 0.05) is 17.8 Å². The number of piperidine rings is 2. The summed E-state index contributed by atoms with van der Waals surface area (Å²) in [6, 6.07) is 12.8. The highest BCUT2D eigenvalue weighted by Gasteiger charge is 2.39. The fourth-order valence-electron chi connectivity index (χ4n) is 5.16. The Morgan fingerprint density at radius 2 is 1.94 bits per heavy atom. The molecule has 3 aromatic rings. The first-order valence-electron chi connectivity index (χ1n) is 11.5. The number of carbonyl (C=O) groups is 1. The van der Waals surface area contributed by atoms with Crippen LogP contribution >= 0.6 is 0 Å². The Hall–Kier alpha value is -3.41. The fraction of sp³-hybridized carbons (Fsp3) is 0.333. The van der Waals surface area contributed by atoms with E-state index in [-0.39, 0.29) is 23.8 Å². The van der Waals surface area contributed by atoms with Crippen molar-refractivity contribution in [3.63, 3.8) is 0 Å². The van der Waals surface area contributed by atoms with Gasteiger partial charge in [0.1, 0.15) is 11.6 Å². The molecule has 170 valence electrons. The van der Waals surface area contributed by atoms with Crippen LogP contribution in [0.4, 0.5) is 4.39 Å². The zero-order valence-corrected chi connectivity index (χ0v) is 19.0. The number of imidazole rings is 1. The minimum atomic E-state index is -0.250. The summed E-state index contributed by atoms with van der Waals surface area (Å²) in [5.74, 6) is 0.568. The molecule has 5 rings (SSSR count). The first kappa shape index (κ1) is 21.4. The normalized spacial score (nSPS) is 21.8. The van der Waals surface area contributed by atoms with E-state index in [1.807, 2.05) is 59.0 Å². The van der Waals surface area contributed by atoms with Gasteiger partial charge in [0.05, 0.1) is 30.9 Å². The predicted octanol–water partition coefficient (Wildman–Crippen LogP) is 5.63. The maximum absolute atomic E-state index is 13.6. The number of aryl methyl sites for hydroxylation is 1. The summed E-state index contributed by atoms with van der Waals surface area (Å²) in [5.41, 5.74) is 4.60. The highest BCUT2D eigenvalue weighted by Crippen LogP contribution is 2.41. The number of benzene rings is 2. The first-order valence-corrected chi connectivity index (χ1v) is 11.5. The Morgan fingerprint density at radius 3 is 2.67 bits per heavy atom. The maximum atomic E-state index is 13.6. The number of aromatic nitrogens is 2. The van der Waals surface area contributed by atoms with Crippen LogP contribution in [0.2, 0.25) is 0 Å². The van der Waals surface area contributed by atoms with E-state index in [0.29, 0.717) is 0 Å². The number of rotatable bonds is 4. The lowest BCUT2D eigenvalue weighted by Gasteiger charge is -2.46. The van der Waals surface area contributed by atoms with Crippen LogP contribution in [-0.4, -0.2) is 33.5 Å². The van der Waals surface area contributed by atoms with Gasteiger partial charge >= 0.3 is 0 Å². The molecule has 0 radical (unpaired) electrons. The number of fused-ring (bicyclic) bond motifs is 1. The number of amides is 1. The van der Waals surface area contributed by atoms with E-state index in [0.717, 1.165) is 65.9 Å². The van der Waals surface area contributed by atoms with Crippen LogP contribution < -0.4 is 4.74 Å². The summed E-state index contributed by atoms with van der Waals surface area (Å²) in [7, 11) is 1.65. The van der Waals surface area contributed by atoms with Crippen LogP contribution in [0.5, 0.6) is 5.75 Å². The molecule has 1 amide bonds. The van der Waals surface area contributed by atoms with Crippen molar-refractivity contribution in [2.45, 2.75) is 51.1 Å². The van der Waals surface area contributed by atoms with Crippen LogP contribution in [0, 0.1) is 12.7 Å². The van der Waals surface area contributed by atoms with Crippen molar-refractivity contribution >= 4 is 12.0 Å². The fourth-order valence-corrected chi connectivity index (χ4v) is 5.16. The van der Waals surface area contributed by atoms with Crippen molar-refractivity contribution in [3.8, 4) is 11.4 Å². The van der Waals surface area contributed by atoms with Gasteiger partial charge in [0.25, 0.3) is 5.91 Å². The van der Waals surface area contributed by atoms with Crippen LogP contribution in [0.25, 0.3) is 11.8 Å². The van der Waals surface area contributed by atoms with Gasteiger partial charge < -0.3 is 14.2 Å². The van der Waals surface area contributed by atoms with Gasteiger partial charge in [-0.15, -0.1) is 0 Å². The predicted molar refractivity (Wildman–Crippen MR) is 126 cm³/mol. The molecule has 3 heterocycles. The Bertz CT molecular complexity index is 1200. The van der Waals surface area contributed by atoms with Crippen molar-refractivity contribution in [2.24, 2.45) is 0 Å². The second kappa shape index (κ2) is 8.85. The third-order valence-corrected chi connectivity index (χ3v) is 6.79. The van der Waals surface area contributed by atoms with Gasteiger partial charge in [0.2, 0.25) is 0 Å². The molecule has 0 aliphatic carbocycles. The molecule has 0 N–H and O–H groups in total. The summed E-state index contributed by atoms with van der Waals surface area (Å²) in [6.45, 7) is 1.95. The molecule has 2 fully saturated rings. The molecule has 5 nitrogen and oxygen atoms in total. The molecule has 0 bridgehead atoms. The lowest BCUT2D eigenvalue weighted by Crippen LogP contribution is -2.49. The topological polar surface area (TPSA) is 47.4 Å². The molecule has 2 saturated heterocycles. The molecule has 0 saturated carbocycles. The van der Waals surface area contributed by atoms with Crippen LogP contribution in [0.3, 0.4) is 0 Å². The Kier molecular flexibility index (Phi) is 5.75. The number of methoxy groups -OCH3 is 1. The van der Waals surface area contributed by atoms with Crippen molar-refractivity contribution < 1.29 is 13.9 Å². The average molecular weight is 446 g/mol. The number of hydrogen-bond acceptors (Lipinski definition) is 3. The number of carbonyl (C=O) groups excluding carboxylic acids is 1. The minimum absolute atomic E-state index is 0.00180. The first-order chi connectivity index (χ1) is 16.0. The zero-order chi connectivity index (χ0) is 22.9. The molecular weight excluding hydrogens is 417 g/mol. The van der Waals surface area contributed by atoms with Gasteiger partial charge in [0.15, 0.2) is 0 Å². The number of halogens is 1. The van der Waals surface area contributed by atoms with E-state index >= 15 is 0 Å². The summed E-state index contributed by atoms with van der Waals surface area (Å²) >= 11 is 0. The zero-order valence-electron chi connectivity index (χ0n) is 19.0. The van der Waals surface area contributed by atoms with Crippen LogP contribution in [0.1, 0.15) is 55.0 Å². The van der Waals surface area contributed by atoms with E-state index in [4.69, 9.17) is 4.74 Å². The van der Waals surface area contributed by atoms with Crippen LogP contribution in [-0.2, 0) is 4.79 Å². The van der Waals surface area contributed by atoms with Crippen molar-refractivity contribution in [3.05, 3.63) is 83.2 Å². The SMILES string of the molecule is COc1cc(/C=C2\CC[C@H]3CCC[C@H](c4ccc(F)cc4)N3C2=O)ccc1-n1cnc(C)c1. The van der Waals surface area contributed by atoms with Gasteiger partial charge in [-0.25, -0.2) is 9.37 Å². The van der Waals surface area contributed by atoms with Crippen molar-refractivity contribution in [1.82, 2.24) is 14.5 Å². The van der Waals surface area contributed by atoms with Crippen molar-refractivity contribution in [2.75, 3.05) is 7.11 Å². The molecule has 0 spiro atoms. The summed E-state index contributed by atoms with van der Waals surface area (Å²) in [4.78, 5) is 19.9. The Morgan fingerprint density at radius 1 is 1.12 bits per heavy atom. The molecule has 6 heteroatoms. The Labute approximate surface area is 193 Å². The lowest BCUT2D eigenvalue weighted by molar-refractivity contribution is -0.136. The van der Waals surface area contributed by atoms with Gasteiger partial charge in [-0.1, -0.05) is 18.2 Å². The van der Waals surface area contributed by atoms with Gasteiger partial charge in [-0.3, -0.25) is 4.79 Å². The second-order valence-electron chi connectivity index (χ2n) is 8.93. The monoisotopic (exact) mass is 445 g/mol. The van der Waals surface area contributed by atoms with E-state index < -0.39 is 0 Å². The summed E-state index contributed by atoms with van der Waals surface area (Å²) in [6.07, 6.45) is 10.5. The molecule has 0 unspecified atom stereocenters. The third-order valence-electron chi connectivity index (χ3n) is 6.79. The number of hydrogen-bond donors (Lipinski definition) is 0. The van der Waals surface area contributed by atoms with E-state index in [1.165, 1.54) is 12.1 Å². The number of nitrogens with zero attached hydrogens (tertiary/aromatic N) is 3. The second-order valence-corrected chi connectivity index (χ2v) is 8.93. The number of ether oxygens (including phenoxy) is 1. The molecule has 33 heavy (non-hydrogen) atoms. The average Bonchev–Trinajstić information content (AvgIpc) is 3.27. The summed E-state index contributed by atoms with van der Waals surface area (Å²) < 4.78 is 21.0.